The van der Waals surface area contributed by atoms with Crippen molar-refractivity contribution in [2.45, 2.75) is 22.5 Å². The van der Waals surface area contributed by atoms with Gasteiger partial charge in [0, 0.05) is 11.4 Å². The number of hydrogen-bond donors (Lipinski definition) is 1. The Morgan fingerprint density at radius 3 is 2.43 bits per heavy atom. The summed E-state index contributed by atoms with van der Waals surface area (Å²) in [5.41, 5.74) is 5.19. The quantitative estimate of drug-likeness (QED) is 0.913. The van der Waals surface area contributed by atoms with E-state index in [4.69, 9.17) is 10.5 Å². The first-order valence-corrected chi connectivity index (χ1v) is 6.98. The van der Waals surface area contributed by atoms with Gasteiger partial charge in [-0.05, 0) is 29.8 Å². The minimum Gasteiger partial charge on any atom is -0.496 e. The summed E-state index contributed by atoms with van der Waals surface area (Å²) in [6.07, 6.45) is -4.42. The molecule has 0 heterocycles. The maximum atomic E-state index is 13.2. The zero-order valence-corrected chi connectivity index (χ0v) is 12.1. The van der Waals surface area contributed by atoms with Gasteiger partial charge in [-0.25, -0.2) is 0 Å². The first-order chi connectivity index (χ1) is 9.95. The molecule has 0 aliphatic carbocycles. The molecule has 0 unspecified atom stereocenters. The number of hydrogen-bond acceptors (Lipinski definition) is 3. The number of para-hydroxylation sites is 1. The molecule has 0 bridgehead atoms. The number of methoxy groups -OCH3 is 1. The summed E-state index contributed by atoms with van der Waals surface area (Å²) < 4.78 is 44.7. The lowest BCUT2D eigenvalue weighted by molar-refractivity contribution is -0.139. The van der Waals surface area contributed by atoms with Crippen molar-refractivity contribution in [1.82, 2.24) is 0 Å². The topological polar surface area (TPSA) is 35.2 Å². The van der Waals surface area contributed by atoms with Gasteiger partial charge in [0.15, 0.2) is 0 Å². The summed E-state index contributed by atoms with van der Waals surface area (Å²) >= 11 is 1.03. The van der Waals surface area contributed by atoms with E-state index in [0.717, 1.165) is 17.8 Å². The van der Waals surface area contributed by atoms with Crippen molar-refractivity contribution in [3.63, 3.8) is 0 Å². The van der Waals surface area contributed by atoms with Crippen molar-refractivity contribution in [2.24, 2.45) is 5.73 Å². The van der Waals surface area contributed by atoms with Crippen LogP contribution in [0.1, 0.15) is 11.1 Å². The molecule has 2 aromatic carbocycles. The fraction of sp³-hybridized carbons (Fsp3) is 0.200. The molecule has 112 valence electrons. The van der Waals surface area contributed by atoms with E-state index >= 15 is 0 Å². The van der Waals surface area contributed by atoms with Crippen LogP contribution in [0.2, 0.25) is 0 Å². The van der Waals surface area contributed by atoms with Crippen LogP contribution in [0.15, 0.2) is 52.3 Å². The van der Waals surface area contributed by atoms with Crippen LogP contribution < -0.4 is 10.5 Å². The van der Waals surface area contributed by atoms with Crippen molar-refractivity contribution in [3.05, 3.63) is 53.6 Å². The van der Waals surface area contributed by atoms with Gasteiger partial charge < -0.3 is 10.5 Å². The molecule has 2 aromatic rings. The highest BCUT2D eigenvalue weighted by atomic mass is 32.2. The van der Waals surface area contributed by atoms with Crippen molar-refractivity contribution in [3.8, 4) is 5.75 Å². The van der Waals surface area contributed by atoms with Crippen LogP contribution in [-0.4, -0.2) is 7.11 Å². The second-order valence-electron chi connectivity index (χ2n) is 4.29. The van der Waals surface area contributed by atoms with Crippen LogP contribution in [0.4, 0.5) is 13.2 Å². The average Bonchev–Trinajstić information content (AvgIpc) is 2.47. The Labute approximate surface area is 125 Å². The lowest BCUT2D eigenvalue weighted by atomic mass is 10.1. The lowest BCUT2D eigenvalue weighted by Gasteiger charge is -2.15. The summed E-state index contributed by atoms with van der Waals surface area (Å²) in [5, 5.41) is 0. The highest BCUT2D eigenvalue weighted by Crippen LogP contribution is 2.42. The zero-order valence-electron chi connectivity index (χ0n) is 11.3. The molecule has 0 radical (unpaired) electrons. The Kier molecular flexibility index (Phi) is 4.80. The molecule has 2 rings (SSSR count). The minimum atomic E-state index is -4.42. The lowest BCUT2D eigenvalue weighted by Crippen LogP contribution is -2.09. The molecule has 0 aliphatic rings. The molecule has 2 nitrogen and oxygen atoms in total. The van der Waals surface area contributed by atoms with E-state index < -0.39 is 11.7 Å². The zero-order chi connectivity index (χ0) is 15.5. The van der Waals surface area contributed by atoms with Gasteiger partial charge in [0.25, 0.3) is 0 Å². The fourth-order valence-electron chi connectivity index (χ4n) is 1.84. The van der Waals surface area contributed by atoms with Gasteiger partial charge in [-0.1, -0.05) is 30.0 Å². The molecule has 0 aliphatic heterocycles. The maximum Gasteiger partial charge on any atom is 0.417 e. The maximum absolute atomic E-state index is 13.2. The Morgan fingerprint density at radius 1 is 1.10 bits per heavy atom. The molecule has 21 heavy (non-hydrogen) atoms. The van der Waals surface area contributed by atoms with Gasteiger partial charge in [-0.3, -0.25) is 0 Å². The molecule has 0 amide bonds. The van der Waals surface area contributed by atoms with E-state index in [1.54, 1.807) is 30.3 Å². The number of ether oxygens (including phenoxy) is 1. The van der Waals surface area contributed by atoms with Gasteiger partial charge >= 0.3 is 6.18 Å². The van der Waals surface area contributed by atoms with Gasteiger partial charge in [0.05, 0.1) is 17.6 Å². The highest BCUT2D eigenvalue weighted by molar-refractivity contribution is 7.99. The molecule has 0 spiro atoms. The fourth-order valence-corrected chi connectivity index (χ4v) is 2.89. The van der Waals surface area contributed by atoms with Crippen LogP contribution in [0, 0.1) is 0 Å². The van der Waals surface area contributed by atoms with Gasteiger partial charge in [0.1, 0.15) is 5.75 Å². The van der Waals surface area contributed by atoms with E-state index in [9.17, 15) is 13.2 Å². The largest absolute Gasteiger partial charge is 0.496 e. The number of nitrogens with two attached hydrogens (primary N) is 1. The molecule has 0 saturated heterocycles. The van der Waals surface area contributed by atoms with E-state index in [1.165, 1.54) is 13.2 Å². The molecule has 0 aromatic heterocycles. The predicted octanol–water partition coefficient (Wildman–Crippen LogP) is 4.32. The number of alkyl halides is 3. The van der Waals surface area contributed by atoms with E-state index in [1.807, 2.05) is 0 Å². The molecule has 0 fully saturated rings. The molecule has 0 atom stereocenters. The van der Waals surface area contributed by atoms with Gasteiger partial charge in [-0.2, -0.15) is 13.2 Å². The second-order valence-corrected chi connectivity index (χ2v) is 5.37. The average molecular weight is 313 g/mol. The molecular formula is C15H14F3NOS. The van der Waals surface area contributed by atoms with E-state index in [0.29, 0.717) is 16.2 Å². The van der Waals surface area contributed by atoms with Crippen molar-refractivity contribution in [2.75, 3.05) is 7.11 Å². The summed E-state index contributed by atoms with van der Waals surface area (Å²) in [7, 11) is 1.49. The SMILES string of the molecule is COc1ccccc1Sc1ccc(CN)cc1C(F)(F)F. The van der Waals surface area contributed by atoms with Gasteiger partial charge in [-0.15, -0.1) is 0 Å². The Balaban J connectivity index is 2.44. The first kappa shape index (κ1) is 15.7. The molecule has 0 saturated carbocycles. The monoisotopic (exact) mass is 313 g/mol. The van der Waals surface area contributed by atoms with Crippen molar-refractivity contribution < 1.29 is 17.9 Å². The van der Waals surface area contributed by atoms with Crippen molar-refractivity contribution in [1.29, 1.82) is 0 Å². The Hall–Kier alpha value is -1.66. The summed E-state index contributed by atoms with van der Waals surface area (Å²) in [4.78, 5) is 0.759. The number of rotatable bonds is 4. The van der Waals surface area contributed by atoms with E-state index in [2.05, 4.69) is 0 Å². The number of benzene rings is 2. The van der Waals surface area contributed by atoms with Crippen LogP contribution in [-0.2, 0) is 12.7 Å². The third kappa shape index (κ3) is 3.71. The molecule has 2 N–H and O–H groups in total. The smallest absolute Gasteiger partial charge is 0.417 e. The van der Waals surface area contributed by atoms with E-state index in [-0.39, 0.29) is 11.4 Å². The normalized spacial score (nSPS) is 11.5. The van der Waals surface area contributed by atoms with Crippen LogP contribution in [0.25, 0.3) is 0 Å². The van der Waals surface area contributed by atoms with Crippen LogP contribution in [0.3, 0.4) is 0 Å². The van der Waals surface area contributed by atoms with Crippen LogP contribution >= 0.6 is 11.8 Å². The van der Waals surface area contributed by atoms with Gasteiger partial charge in [0.2, 0.25) is 0 Å². The predicted molar refractivity (Wildman–Crippen MR) is 76.5 cm³/mol. The third-order valence-electron chi connectivity index (χ3n) is 2.87. The Bertz CT molecular complexity index is 629. The molecular weight excluding hydrogens is 299 g/mol. The Morgan fingerprint density at radius 2 is 1.81 bits per heavy atom. The minimum absolute atomic E-state index is 0.0721. The summed E-state index contributed by atoms with van der Waals surface area (Å²) in [6, 6.07) is 11.1. The summed E-state index contributed by atoms with van der Waals surface area (Å²) in [6.45, 7) is 0.0721. The van der Waals surface area contributed by atoms with Crippen LogP contribution in [0.5, 0.6) is 5.75 Å². The standard InChI is InChI=1S/C15H14F3NOS/c1-20-12-4-2-3-5-14(12)21-13-7-6-10(9-19)8-11(13)15(16,17)18/h2-8H,9,19H2,1H3. The first-order valence-electron chi connectivity index (χ1n) is 6.16. The number of halogens is 3. The molecule has 6 heteroatoms. The third-order valence-corrected chi connectivity index (χ3v) is 4.01. The highest BCUT2D eigenvalue weighted by Gasteiger charge is 2.34. The second kappa shape index (κ2) is 6.41. The van der Waals surface area contributed by atoms with Crippen molar-refractivity contribution >= 4 is 11.8 Å². The summed E-state index contributed by atoms with van der Waals surface area (Å²) in [5.74, 6) is 0.540.